The topological polar surface area (TPSA) is 75.2 Å². The van der Waals surface area contributed by atoms with E-state index >= 15 is 0 Å². The number of halogens is 1. The molecule has 2 N–H and O–H groups in total. The third-order valence-electron chi connectivity index (χ3n) is 3.25. The number of rotatable bonds is 3. The normalized spacial score (nSPS) is 10.8. The maximum absolute atomic E-state index is 11.4. The van der Waals surface area contributed by atoms with Crippen LogP contribution in [-0.2, 0) is 0 Å². The third-order valence-corrected chi connectivity index (χ3v) is 3.54. The zero-order chi connectivity index (χ0) is 15.0. The number of hydrogen-bond acceptors (Lipinski definition) is 3. The summed E-state index contributed by atoms with van der Waals surface area (Å²) in [6.45, 7) is 0. The molecule has 0 saturated heterocycles. The van der Waals surface area contributed by atoms with Crippen molar-refractivity contribution in [2.24, 2.45) is 0 Å². The molecule has 0 amide bonds. The van der Waals surface area contributed by atoms with Crippen molar-refractivity contribution in [3.63, 3.8) is 0 Å². The van der Waals surface area contributed by atoms with E-state index < -0.39 is 5.97 Å². The molecule has 0 aliphatic rings. The zero-order valence-electron chi connectivity index (χ0n) is 11.1. The smallest absolute Gasteiger partial charge is 0.336 e. The number of nitrogens with one attached hydrogen (secondary N) is 1. The van der Waals surface area contributed by atoms with Crippen LogP contribution < -0.4 is 4.74 Å². The minimum absolute atomic E-state index is 0.197. The maximum Gasteiger partial charge on any atom is 0.336 e. The second-order valence-electron chi connectivity index (χ2n) is 4.45. The van der Waals surface area contributed by atoms with Crippen molar-refractivity contribution >= 4 is 28.5 Å². The second kappa shape index (κ2) is 5.10. The van der Waals surface area contributed by atoms with Crippen LogP contribution in [-0.4, -0.2) is 28.4 Å². The summed E-state index contributed by atoms with van der Waals surface area (Å²) < 4.78 is 5.11. The lowest BCUT2D eigenvalue weighted by Crippen LogP contribution is -1.97. The highest BCUT2D eigenvalue weighted by atomic mass is 35.5. The van der Waals surface area contributed by atoms with Crippen molar-refractivity contribution in [1.82, 2.24) is 10.2 Å². The number of H-pyrrole nitrogens is 1. The molecule has 106 valence electrons. The Hall–Kier alpha value is -2.53. The minimum Gasteiger partial charge on any atom is -0.495 e. The fraction of sp³-hybridized carbons (Fsp3) is 0.0667. The number of ether oxygens (including phenoxy) is 1. The highest BCUT2D eigenvalue weighted by Crippen LogP contribution is 2.33. The van der Waals surface area contributed by atoms with Crippen LogP contribution in [0.5, 0.6) is 5.75 Å². The Balaban J connectivity index is 2.26. The molecule has 0 atom stereocenters. The van der Waals surface area contributed by atoms with Gasteiger partial charge in [-0.2, -0.15) is 5.10 Å². The van der Waals surface area contributed by atoms with Gasteiger partial charge in [0, 0.05) is 10.9 Å². The lowest BCUT2D eigenvalue weighted by molar-refractivity contribution is 0.0699. The van der Waals surface area contributed by atoms with Crippen LogP contribution in [0.3, 0.4) is 0 Å². The fourth-order valence-corrected chi connectivity index (χ4v) is 2.53. The van der Waals surface area contributed by atoms with Crippen molar-refractivity contribution in [2.75, 3.05) is 7.11 Å². The van der Waals surface area contributed by atoms with E-state index in [1.165, 1.54) is 7.11 Å². The number of aromatic carboxylic acids is 1. The Labute approximate surface area is 125 Å². The van der Waals surface area contributed by atoms with E-state index in [4.69, 9.17) is 16.3 Å². The van der Waals surface area contributed by atoms with Gasteiger partial charge in [-0.3, -0.25) is 5.10 Å². The van der Waals surface area contributed by atoms with Crippen molar-refractivity contribution in [3.05, 3.63) is 47.0 Å². The van der Waals surface area contributed by atoms with Crippen LogP contribution in [0.25, 0.3) is 22.2 Å². The van der Waals surface area contributed by atoms with E-state index in [0.717, 1.165) is 5.56 Å². The first kappa shape index (κ1) is 13.5. The monoisotopic (exact) mass is 302 g/mol. The molecule has 0 saturated carbocycles. The standard InChI is InChI=1S/C15H11ClN2O3/c1-21-12-6-5-8(7-10(12)16)14-13-9(15(19)20)3-2-4-11(13)17-18-14/h2-7H,1H3,(H,17,18)(H,19,20). The average Bonchev–Trinajstić information content (AvgIpc) is 2.90. The molecule has 0 aliphatic carbocycles. The number of carboxylic acid groups (broad SMARTS) is 1. The number of nitrogens with zero attached hydrogens (tertiary/aromatic N) is 1. The Morgan fingerprint density at radius 1 is 1.33 bits per heavy atom. The molecule has 0 unspecified atom stereocenters. The molecule has 0 fully saturated rings. The van der Waals surface area contributed by atoms with Gasteiger partial charge in [-0.05, 0) is 30.3 Å². The Kier molecular flexibility index (Phi) is 3.27. The fourth-order valence-electron chi connectivity index (χ4n) is 2.27. The van der Waals surface area contributed by atoms with E-state index in [9.17, 15) is 9.90 Å². The Bertz CT molecular complexity index is 842. The number of hydrogen-bond donors (Lipinski definition) is 2. The molecule has 2 aromatic carbocycles. The van der Waals surface area contributed by atoms with E-state index in [0.29, 0.717) is 27.4 Å². The van der Waals surface area contributed by atoms with Crippen molar-refractivity contribution in [1.29, 1.82) is 0 Å². The summed E-state index contributed by atoms with van der Waals surface area (Å²) in [5.74, 6) is -0.443. The van der Waals surface area contributed by atoms with E-state index in [1.54, 1.807) is 36.4 Å². The third kappa shape index (κ3) is 2.21. The second-order valence-corrected chi connectivity index (χ2v) is 4.86. The number of benzene rings is 2. The molecule has 0 radical (unpaired) electrons. The highest BCUT2D eigenvalue weighted by Gasteiger charge is 2.16. The molecular formula is C15H11ClN2O3. The summed E-state index contributed by atoms with van der Waals surface area (Å²) in [6.07, 6.45) is 0. The van der Waals surface area contributed by atoms with Crippen molar-refractivity contribution in [2.45, 2.75) is 0 Å². The van der Waals surface area contributed by atoms with Gasteiger partial charge in [-0.25, -0.2) is 4.79 Å². The van der Waals surface area contributed by atoms with Gasteiger partial charge in [-0.1, -0.05) is 17.7 Å². The highest BCUT2D eigenvalue weighted by molar-refractivity contribution is 6.32. The number of methoxy groups -OCH3 is 1. The number of aromatic amines is 1. The largest absolute Gasteiger partial charge is 0.495 e. The summed E-state index contributed by atoms with van der Waals surface area (Å²) in [7, 11) is 1.54. The quantitative estimate of drug-likeness (QED) is 0.775. The number of carboxylic acids is 1. The summed E-state index contributed by atoms with van der Waals surface area (Å²) in [5.41, 5.74) is 2.13. The number of aromatic nitrogens is 2. The SMILES string of the molecule is COc1ccc(-c2n[nH]c3cccc(C(=O)O)c23)cc1Cl. The molecular weight excluding hydrogens is 292 g/mol. The van der Waals surface area contributed by atoms with Crippen LogP contribution in [0.2, 0.25) is 5.02 Å². The van der Waals surface area contributed by atoms with Gasteiger partial charge in [-0.15, -0.1) is 0 Å². The molecule has 0 aliphatic heterocycles. The van der Waals surface area contributed by atoms with Gasteiger partial charge in [0.05, 0.1) is 23.2 Å². The van der Waals surface area contributed by atoms with E-state index in [1.807, 2.05) is 0 Å². The minimum atomic E-state index is -0.997. The van der Waals surface area contributed by atoms with Crippen LogP contribution >= 0.6 is 11.6 Å². The van der Waals surface area contributed by atoms with Crippen molar-refractivity contribution in [3.8, 4) is 17.0 Å². The molecule has 5 nitrogen and oxygen atoms in total. The molecule has 1 aromatic heterocycles. The lowest BCUT2D eigenvalue weighted by atomic mass is 10.0. The molecule has 0 spiro atoms. The first-order valence-electron chi connectivity index (χ1n) is 6.16. The molecule has 0 bridgehead atoms. The van der Waals surface area contributed by atoms with Crippen LogP contribution in [0.1, 0.15) is 10.4 Å². The van der Waals surface area contributed by atoms with Gasteiger partial charge in [0.2, 0.25) is 0 Å². The molecule has 3 rings (SSSR count). The molecule has 21 heavy (non-hydrogen) atoms. The van der Waals surface area contributed by atoms with Gasteiger partial charge in [0.15, 0.2) is 0 Å². The Morgan fingerprint density at radius 3 is 2.81 bits per heavy atom. The average molecular weight is 303 g/mol. The van der Waals surface area contributed by atoms with Crippen molar-refractivity contribution < 1.29 is 14.6 Å². The summed E-state index contributed by atoms with van der Waals surface area (Å²) in [5, 5.41) is 17.4. The van der Waals surface area contributed by atoms with Crippen LogP contribution in [0.15, 0.2) is 36.4 Å². The van der Waals surface area contributed by atoms with Gasteiger partial charge in [0.25, 0.3) is 0 Å². The first-order chi connectivity index (χ1) is 10.1. The van der Waals surface area contributed by atoms with Gasteiger partial charge < -0.3 is 9.84 Å². The predicted octanol–water partition coefficient (Wildman–Crippen LogP) is 3.59. The van der Waals surface area contributed by atoms with Gasteiger partial charge in [0.1, 0.15) is 11.4 Å². The summed E-state index contributed by atoms with van der Waals surface area (Å²) >= 11 is 6.12. The molecule has 6 heteroatoms. The first-order valence-corrected chi connectivity index (χ1v) is 6.54. The van der Waals surface area contributed by atoms with E-state index in [-0.39, 0.29) is 5.56 Å². The zero-order valence-corrected chi connectivity index (χ0v) is 11.8. The van der Waals surface area contributed by atoms with Gasteiger partial charge >= 0.3 is 5.97 Å². The molecule has 3 aromatic rings. The number of carbonyl (C=O) groups is 1. The maximum atomic E-state index is 11.4. The lowest BCUT2D eigenvalue weighted by Gasteiger charge is -2.05. The molecule has 1 heterocycles. The summed E-state index contributed by atoms with van der Waals surface area (Å²) in [6, 6.07) is 10.2. The summed E-state index contributed by atoms with van der Waals surface area (Å²) in [4.78, 5) is 11.4. The van der Waals surface area contributed by atoms with Crippen LogP contribution in [0.4, 0.5) is 0 Å². The Morgan fingerprint density at radius 2 is 2.14 bits per heavy atom. The van der Waals surface area contributed by atoms with E-state index in [2.05, 4.69) is 10.2 Å². The van der Waals surface area contributed by atoms with Crippen LogP contribution in [0, 0.1) is 0 Å². The predicted molar refractivity (Wildman–Crippen MR) is 80.1 cm³/mol. The number of fused-ring (bicyclic) bond motifs is 1.